The summed E-state index contributed by atoms with van der Waals surface area (Å²) in [5.74, 6) is -0.568. The molecule has 2 N–H and O–H groups in total. The summed E-state index contributed by atoms with van der Waals surface area (Å²) in [6.07, 6.45) is 2.63. The normalized spacial score (nSPS) is 16.7. The first kappa shape index (κ1) is 18.3. The Morgan fingerprint density at radius 3 is 2.64 bits per heavy atom. The number of anilines is 1. The third kappa shape index (κ3) is 3.66. The van der Waals surface area contributed by atoms with Crippen LogP contribution in [0.2, 0.25) is 0 Å². The fraction of sp³-hybridized carbons (Fsp3) is 0.190. The molecule has 142 valence electrons. The number of carbonyl (C=O) groups excluding carboxylic acids is 3. The van der Waals surface area contributed by atoms with E-state index in [1.165, 1.54) is 0 Å². The molecule has 0 aliphatic carbocycles. The minimum absolute atomic E-state index is 0.00748. The molecule has 1 saturated heterocycles. The molecular formula is C21H19N3O3S. The Labute approximate surface area is 166 Å². The third-order valence-corrected chi connectivity index (χ3v) is 5.74. The zero-order valence-corrected chi connectivity index (χ0v) is 15.9. The van der Waals surface area contributed by atoms with E-state index in [9.17, 15) is 14.4 Å². The highest BCUT2D eigenvalue weighted by atomic mass is 32.2. The van der Waals surface area contributed by atoms with Crippen LogP contribution < -0.4 is 10.2 Å². The second kappa shape index (κ2) is 7.90. The van der Waals surface area contributed by atoms with Crippen molar-refractivity contribution in [1.82, 2.24) is 10.3 Å². The van der Waals surface area contributed by atoms with Gasteiger partial charge in [0.15, 0.2) is 0 Å². The third-order valence-electron chi connectivity index (χ3n) is 4.70. The number of amides is 3. The van der Waals surface area contributed by atoms with Gasteiger partial charge in [-0.15, -0.1) is 0 Å². The highest BCUT2D eigenvalue weighted by Crippen LogP contribution is 2.33. The number of rotatable bonds is 6. The first-order chi connectivity index (χ1) is 13.6. The number of hydrogen-bond donors (Lipinski definition) is 2. The maximum Gasteiger partial charge on any atom is 0.293 e. The Kier molecular flexibility index (Phi) is 5.16. The van der Waals surface area contributed by atoms with E-state index in [0.717, 1.165) is 33.1 Å². The molecule has 2 heterocycles. The minimum Gasteiger partial charge on any atom is -0.361 e. The molecule has 6 nitrogen and oxygen atoms in total. The fourth-order valence-electron chi connectivity index (χ4n) is 3.31. The Hall–Kier alpha value is -3.06. The van der Waals surface area contributed by atoms with Crippen molar-refractivity contribution in [3.8, 4) is 0 Å². The summed E-state index contributed by atoms with van der Waals surface area (Å²) in [5, 5.41) is 2.98. The van der Waals surface area contributed by atoms with Crippen LogP contribution in [0, 0.1) is 0 Å². The SMILES string of the molecule is O=C(C[C@@H]1SC(=O)N(c2ccccc2)C1=O)NCCc1c[nH]c2ccccc12. The Morgan fingerprint density at radius 2 is 1.82 bits per heavy atom. The van der Waals surface area contributed by atoms with E-state index in [4.69, 9.17) is 0 Å². The van der Waals surface area contributed by atoms with Crippen molar-refractivity contribution in [3.63, 3.8) is 0 Å². The molecule has 3 amide bonds. The number of imide groups is 1. The van der Waals surface area contributed by atoms with Gasteiger partial charge in [0.1, 0.15) is 5.25 Å². The van der Waals surface area contributed by atoms with E-state index >= 15 is 0 Å². The van der Waals surface area contributed by atoms with Gasteiger partial charge in [0.2, 0.25) is 11.8 Å². The number of nitrogens with zero attached hydrogens (tertiary/aromatic N) is 1. The van der Waals surface area contributed by atoms with E-state index in [-0.39, 0.29) is 23.5 Å². The van der Waals surface area contributed by atoms with Gasteiger partial charge in [-0.05, 0) is 41.9 Å². The van der Waals surface area contributed by atoms with E-state index in [1.54, 1.807) is 24.3 Å². The average Bonchev–Trinajstić information content (AvgIpc) is 3.23. The van der Waals surface area contributed by atoms with Gasteiger partial charge in [-0.25, -0.2) is 4.90 Å². The van der Waals surface area contributed by atoms with Crippen molar-refractivity contribution < 1.29 is 14.4 Å². The van der Waals surface area contributed by atoms with Gasteiger partial charge in [0.05, 0.1) is 5.69 Å². The fourth-order valence-corrected chi connectivity index (χ4v) is 4.30. The van der Waals surface area contributed by atoms with Crippen LogP contribution in [0.1, 0.15) is 12.0 Å². The number of fused-ring (bicyclic) bond motifs is 1. The molecule has 1 fully saturated rings. The van der Waals surface area contributed by atoms with Crippen LogP contribution >= 0.6 is 11.8 Å². The number of aromatic amines is 1. The lowest BCUT2D eigenvalue weighted by atomic mass is 10.1. The molecule has 1 aromatic heterocycles. The largest absolute Gasteiger partial charge is 0.361 e. The van der Waals surface area contributed by atoms with Crippen LogP contribution in [0.4, 0.5) is 10.5 Å². The van der Waals surface area contributed by atoms with Crippen molar-refractivity contribution in [2.45, 2.75) is 18.1 Å². The highest BCUT2D eigenvalue weighted by molar-refractivity contribution is 8.15. The van der Waals surface area contributed by atoms with Crippen LogP contribution in [-0.2, 0) is 16.0 Å². The van der Waals surface area contributed by atoms with Gasteiger partial charge >= 0.3 is 0 Å². The van der Waals surface area contributed by atoms with E-state index in [0.29, 0.717) is 18.7 Å². The van der Waals surface area contributed by atoms with Crippen molar-refractivity contribution in [3.05, 3.63) is 66.4 Å². The number of hydrogen-bond acceptors (Lipinski definition) is 4. The van der Waals surface area contributed by atoms with Gasteiger partial charge in [0, 0.05) is 30.1 Å². The maximum atomic E-state index is 12.6. The van der Waals surface area contributed by atoms with Gasteiger partial charge in [0.25, 0.3) is 5.24 Å². The number of carbonyl (C=O) groups is 3. The van der Waals surface area contributed by atoms with E-state index in [1.807, 2.05) is 36.5 Å². The van der Waals surface area contributed by atoms with Crippen molar-refractivity contribution in [2.24, 2.45) is 0 Å². The Bertz CT molecular complexity index is 1030. The second-order valence-corrected chi connectivity index (χ2v) is 7.70. The predicted molar refractivity (Wildman–Crippen MR) is 110 cm³/mol. The predicted octanol–water partition coefficient (Wildman–Crippen LogP) is 3.49. The lowest BCUT2D eigenvalue weighted by molar-refractivity contribution is -0.124. The van der Waals surface area contributed by atoms with Crippen molar-refractivity contribution >= 4 is 45.4 Å². The first-order valence-corrected chi connectivity index (χ1v) is 9.93. The lowest BCUT2D eigenvalue weighted by Gasteiger charge is -2.13. The summed E-state index contributed by atoms with van der Waals surface area (Å²) in [6, 6.07) is 16.8. The molecule has 4 rings (SSSR count). The molecule has 0 bridgehead atoms. The van der Waals surface area contributed by atoms with Crippen molar-refractivity contribution in [1.29, 1.82) is 0 Å². The highest BCUT2D eigenvalue weighted by Gasteiger charge is 2.41. The van der Waals surface area contributed by atoms with Gasteiger partial charge in [-0.2, -0.15) is 0 Å². The number of para-hydroxylation sites is 2. The standard InChI is InChI=1S/C21H19N3O3S/c25-19(22-11-10-14-13-23-17-9-5-4-8-16(14)17)12-18-20(26)24(21(27)28-18)15-6-2-1-3-7-15/h1-9,13,18,23H,10-12H2,(H,22,25)/t18-/m0/s1. The number of thioether (sulfide) groups is 1. The summed E-state index contributed by atoms with van der Waals surface area (Å²) < 4.78 is 0. The minimum atomic E-state index is -0.680. The van der Waals surface area contributed by atoms with E-state index < -0.39 is 5.25 Å². The zero-order valence-electron chi connectivity index (χ0n) is 15.1. The average molecular weight is 393 g/mol. The lowest BCUT2D eigenvalue weighted by Crippen LogP contribution is -2.34. The number of nitrogens with one attached hydrogen (secondary N) is 2. The van der Waals surface area contributed by atoms with Gasteiger partial charge < -0.3 is 10.3 Å². The molecule has 1 aliphatic rings. The molecule has 0 saturated carbocycles. The molecule has 3 aromatic rings. The molecule has 7 heteroatoms. The molecule has 2 aromatic carbocycles. The molecule has 0 spiro atoms. The summed E-state index contributed by atoms with van der Waals surface area (Å²) in [5.41, 5.74) is 2.73. The molecule has 0 radical (unpaired) electrons. The van der Waals surface area contributed by atoms with E-state index in [2.05, 4.69) is 10.3 Å². The summed E-state index contributed by atoms with van der Waals surface area (Å²) >= 11 is 0.910. The molecule has 28 heavy (non-hydrogen) atoms. The van der Waals surface area contributed by atoms with Crippen LogP contribution in [0.5, 0.6) is 0 Å². The molecule has 0 unspecified atom stereocenters. The molecular weight excluding hydrogens is 374 g/mol. The number of H-pyrrole nitrogens is 1. The van der Waals surface area contributed by atoms with Gasteiger partial charge in [-0.3, -0.25) is 14.4 Å². The second-order valence-electron chi connectivity index (χ2n) is 6.55. The summed E-state index contributed by atoms with van der Waals surface area (Å²) in [7, 11) is 0. The summed E-state index contributed by atoms with van der Waals surface area (Å²) in [6.45, 7) is 0.475. The maximum absolute atomic E-state index is 12.6. The molecule has 1 aliphatic heterocycles. The van der Waals surface area contributed by atoms with Crippen LogP contribution in [-0.4, -0.2) is 33.8 Å². The number of benzene rings is 2. The topological polar surface area (TPSA) is 82.3 Å². The molecule has 1 atom stereocenters. The smallest absolute Gasteiger partial charge is 0.293 e. The monoisotopic (exact) mass is 393 g/mol. The Balaban J connectivity index is 1.31. The van der Waals surface area contributed by atoms with Gasteiger partial charge in [-0.1, -0.05) is 36.4 Å². The first-order valence-electron chi connectivity index (χ1n) is 9.05. The quantitative estimate of drug-likeness (QED) is 0.672. The Morgan fingerprint density at radius 1 is 1.07 bits per heavy atom. The number of aromatic nitrogens is 1. The zero-order chi connectivity index (χ0) is 19.5. The van der Waals surface area contributed by atoms with Crippen LogP contribution in [0.25, 0.3) is 10.9 Å². The summed E-state index contributed by atoms with van der Waals surface area (Å²) in [4.78, 5) is 41.4. The van der Waals surface area contributed by atoms with Crippen LogP contribution in [0.15, 0.2) is 60.8 Å². The van der Waals surface area contributed by atoms with Crippen molar-refractivity contribution in [2.75, 3.05) is 11.4 Å². The van der Waals surface area contributed by atoms with Crippen LogP contribution in [0.3, 0.4) is 0 Å².